The van der Waals surface area contributed by atoms with E-state index in [2.05, 4.69) is 47.7 Å². The second kappa shape index (κ2) is 12.1. The van der Waals surface area contributed by atoms with Crippen LogP contribution < -0.4 is 20.2 Å². The molecule has 2 amide bonds. The maximum absolute atomic E-state index is 12.4. The molecular weight excluding hydrogens is 570 g/mol. The molecule has 0 fully saturated rings. The van der Waals surface area contributed by atoms with E-state index in [-0.39, 0.29) is 18.2 Å². The van der Waals surface area contributed by atoms with E-state index in [1.807, 2.05) is 0 Å². The molecule has 0 radical (unpaired) electrons. The number of carbonyl (C=O) groups is 3. The van der Waals surface area contributed by atoms with Crippen LogP contribution in [-0.4, -0.2) is 37.7 Å². The van der Waals surface area contributed by atoms with Crippen molar-refractivity contribution >= 4 is 55.9 Å². The number of nitrogens with one attached hydrogen (secondary N) is 2. The van der Waals surface area contributed by atoms with E-state index in [0.29, 0.717) is 26.9 Å². The van der Waals surface area contributed by atoms with Gasteiger partial charge >= 0.3 is 5.97 Å². The first kappa shape index (κ1) is 25.1. The lowest BCUT2D eigenvalue weighted by molar-refractivity contribution is -0.120. The van der Waals surface area contributed by atoms with Gasteiger partial charge in [-0.05, 0) is 70.0 Å². The Hall–Kier alpha value is -3.50. The molecule has 0 spiro atoms. The minimum Gasteiger partial charge on any atom is -0.493 e. The SMILES string of the molecule is COc1cc(C=NNC(=O)CNC(=O)c2ccccc2Br)ccc1OC(=O)c1cccc(Br)c1. The summed E-state index contributed by atoms with van der Waals surface area (Å²) in [5, 5.41) is 6.40. The van der Waals surface area contributed by atoms with Crippen LogP contribution in [0.1, 0.15) is 26.3 Å². The van der Waals surface area contributed by atoms with Gasteiger partial charge < -0.3 is 14.8 Å². The third kappa shape index (κ3) is 7.00. The lowest BCUT2D eigenvalue weighted by Crippen LogP contribution is -2.35. The summed E-state index contributed by atoms with van der Waals surface area (Å²) in [6.45, 7) is -0.245. The number of hydrogen-bond donors (Lipinski definition) is 2. The highest BCUT2D eigenvalue weighted by molar-refractivity contribution is 9.10. The van der Waals surface area contributed by atoms with Gasteiger partial charge in [0.1, 0.15) is 0 Å². The van der Waals surface area contributed by atoms with Gasteiger partial charge in [0, 0.05) is 8.95 Å². The van der Waals surface area contributed by atoms with E-state index in [4.69, 9.17) is 9.47 Å². The average Bonchev–Trinajstić information content (AvgIpc) is 2.83. The molecule has 0 unspecified atom stereocenters. The van der Waals surface area contributed by atoms with Gasteiger partial charge in [0.05, 0.1) is 31.0 Å². The second-order valence-corrected chi connectivity index (χ2v) is 8.54. The lowest BCUT2D eigenvalue weighted by atomic mass is 10.2. The lowest BCUT2D eigenvalue weighted by Gasteiger charge is -2.10. The number of amides is 2. The van der Waals surface area contributed by atoms with E-state index >= 15 is 0 Å². The Morgan fingerprint density at radius 3 is 2.50 bits per heavy atom. The van der Waals surface area contributed by atoms with E-state index in [1.165, 1.54) is 13.3 Å². The first-order valence-electron chi connectivity index (χ1n) is 9.88. The van der Waals surface area contributed by atoms with Crippen LogP contribution in [0.2, 0.25) is 0 Å². The fourth-order valence-electron chi connectivity index (χ4n) is 2.74. The Morgan fingerprint density at radius 2 is 1.76 bits per heavy atom. The molecule has 3 aromatic rings. The molecule has 8 nitrogen and oxygen atoms in total. The predicted molar refractivity (Wildman–Crippen MR) is 134 cm³/mol. The van der Waals surface area contributed by atoms with Gasteiger partial charge in [-0.25, -0.2) is 10.2 Å². The number of nitrogens with zero attached hydrogens (tertiary/aromatic N) is 1. The Labute approximate surface area is 212 Å². The number of hydrogen-bond acceptors (Lipinski definition) is 6. The highest BCUT2D eigenvalue weighted by Gasteiger charge is 2.13. The van der Waals surface area contributed by atoms with Crippen molar-refractivity contribution in [2.75, 3.05) is 13.7 Å². The highest BCUT2D eigenvalue weighted by atomic mass is 79.9. The Balaban J connectivity index is 1.55. The van der Waals surface area contributed by atoms with E-state index < -0.39 is 11.9 Å². The van der Waals surface area contributed by atoms with Crippen LogP contribution in [-0.2, 0) is 4.79 Å². The normalized spacial score (nSPS) is 10.6. The zero-order chi connectivity index (χ0) is 24.5. The van der Waals surface area contributed by atoms with Crippen molar-refractivity contribution in [3.63, 3.8) is 0 Å². The van der Waals surface area contributed by atoms with Gasteiger partial charge in [0.2, 0.25) is 0 Å². The van der Waals surface area contributed by atoms with Crippen molar-refractivity contribution < 1.29 is 23.9 Å². The van der Waals surface area contributed by atoms with Crippen LogP contribution >= 0.6 is 31.9 Å². The maximum Gasteiger partial charge on any atom is 0.343 e. The summed E-state index contributed by atoms with van der Waals surface area (Å²) >= 11 is 6.61. The number of rotatable bonds is 8. The number of hydrazone groups is 1. The van der Waals surface area contributed by atoms with Crippen LogP contribution in [0.25, 0.3) is 0 Å². The van der Waals surface area contributed by atoms with Gasteiger partial charge in [0.15, 0.2) is 11.5 Å². The summed E-state index contributed by atoms with van der Waals surface area (Å²) in [4.78, 5) is 36.5. The molecule has 0 aromatic heterocycles. The molecule has 0 atom stereocenters. The molecule has 0 aliphatic rings. The maximum atomic E-state index is 12.4. The monoisotopic (exact) mass is 587 g/mol. The van der Waals surface area contributed by atoms with Crippen LogP contribution in [0.5, 0.6) is 11.5 Å². The molecule has 0 saturated heterocycles. The molecule has 0 bridgehead atoms. The molecule has 0 aliphatic carbocycles. The average molecular weight is 589 g/mol. The Bertz CT molecular complexity index is 1250. The van der Waals surface area contributed by atoms with Crippen LogP contribution in [0.4, 0.5) is 0 Å². The summed E-state index contributed by atoms with van der Waals surface area (Å²) in [5.74, 6) is -0.854. The van der Waals surface area contributed by atoms with E-state index in [9.17, 15) is 14.4 Å². The van der Waals surface area contributed by atoms with Crippen molar-refractivity contribution in [3.05, 3.63) is 92.4 Å². The second-order valence-electron chi connectivity index (χ2n) is 6.77. The smallest absolute Gasteiger partial charge is 0.343 e. The number of halogens is 2. The summed E-state index contributed by atoms with van der Waals surface area (Å²) < 4.78 is 12.1. The van der Waals surface area contributed by atoms with Crippen LogP contribution in [0, 0.1) is 0 Å². The first-order valence-corrected chi connectivity index (χ1v) is 11.5. The minimum absolute atomic E-state index is 0.239. The summed E-state index contributed by atoms with van der Waals surface area (Å²) in [6, 6.07) is 18.5. The quantitative estimate of drug-likeness (QED) is 0.176. The molecule has 0 aliphatic heterocycles. The van der Waals surface area contributed by atoms with Crippen molar-refractivity contribution in [3.8, 4) is 11.5 Å². The number of ether oxygens (including phenoxy) is 2. The first-order chi connectivity index (χ1) is 16.4. The number of carbonyl (C=O) groups excluding carboxylic acids is 3. The van der Waals surface area contributed by atoms with E-state index in [1.54, 1.807) is 66.7 Å². The fourth-order valence-corrected chi connectivity index (χ4v) is 3.61. The van der Waals surface area contributed by atoms with Crippen molar-refractivity contribution in [1.82, 2.24) is 10.7 Å². The zero-order valence-electron chi connectivity index (χ0n) is 17.9. The van der Waals surface area contributed by atoms with Crippen LogP contribution in [0.15, 0.2) is 80.8 Å². The van der Waals surface area contributed by atoms with E-state index in [0.717, 1.165) is 4.47 Å². The summed E-state index contributed by atoms with van der Waals surface area (Å²) in [5.41, 5.74) is 3.74. The molecule has 34 heavy (non-hydrogen) atoms. The van der Waals surface area contributed by atoms with Crippen molar-refractivity contribution in [2.24, 2.45) is 5.10 Å². The third-order valence-electron chi connectivity index (χ3n) is 4.38. The van der Waals surface area contributed by atoms with Gasteiger partial charge in [-0.3, -0.25) is 9.59 Å². The zero-order valence-corrected chi connectivity index (χ0v) is 21.1. The third-order valence-corrected chi connectivity index (χ3v) is 5.57. The Morgan fingerprint density at radius 1 is 0.971 bits per heavy atom. The van der Waals surface area contributed by atoms with Gasteiger partial charge in [0.25, 0.3) is 11.8 Å². The molecule has 0 heterocycles. The topological polar surface area (TPSA) is 106 Å². The van der Waals surface area contributed by atoms with Crippen molar-refractivity contribution in [2.45, 2.75) is 0 Å². The largest absolute Gasteiger partial charge is 0.493 e. The Kier molecular flexibility index (Phi) is 8.94. The summed E-state index contributed by atoms with van der Waals surface area (Å²) in [6.07, 6.45) is 1.40. The number of methoxy groups -OCH3 is 1. The van der Waals surface area contributed by atoms with Gasteiger partial charge in [-0.2, -0.15) is 5.10 Å². The molecule has 10 heteroatoms. The van der Waals surface area contributed by atoms with Crippen LogP contribution in [0.3, 0.4) is 0 Å². The standard InChI is InChI=1S/C24H19Br2N3O5/c1-33-21-11-15(9-10-20(21)34-24(32)16-5-4-6-17(25)12-16)13-28-29-22(30)14-27-23(31)18-7-2-3-8-19(18)26/h2-13H,14H2,1H3,(H,27,31)(H,29,30). The molecular formula is C24H19Br2N3O5. The molecule has 3 aromatic carbocycles. The summed E-state index contributed by atoms with van der Waals surface area (Å²) in [7, 11) is 1.45. The number of benzene rings is 3. The van der Waals surface area contributed by atoms with Gasteiger partial charge in [-0.1, -0.05) is 34.1 Å². The fraction of sp³-hybridized carbons (Fsp3) is 0.0833. The minimum atomic E-state index is -0.530. The molecule has 0 saturated carbocycles. The highest BCUT2D eigenvalue weighted by Crippen LogP contribution is 2.28. The number of esters is 1. The van der Waals surface area contributed by atoms with Gasteiger partial charge in [-0.15, -0.1) is 0 Å². The molecule has 3 rings (SSSR count). The predicted octanol–water partition coefficient (Wildman–Crippen LogP) is 4.32. The molecule has 2 N–H and O–H groups in total. The van der Waals surface area contributed by atoms with Crippen molar-refractivity contribution in [1.29, 1.82) is 0 Å². The molecule has 174 valence electrons.